The lowest BCUT2D eigenvalue weighted by Gasteiger charge is -2.26. The monoisotopic (exact) mass is 304 g/mol. The standard InChI is InChI=1S/C15H13FN2O4/c16-10-3-1-2-9(6-10)11-7-17-4-5-18(15(21)22)8-12(17)13(11)14(19)20/h1-3,6-7H,4-5,8H2,(H,19,20)(H,21,22). The Morgan fingerprint density at radius 1 is 1.18 bits per heavy atom. The number of aromatic carboxylic acids is 1. The first-order chi connectivity index (χ1) is 10.5. The van der Waals surface area contributed by atoms with Gasteiger partial charge in [-0.25, -0.2) is 14.0 Å². The number of hydrogen-bond acceptors (Lipinski definition) is 2. The highest BCUT2D eigenvalue weighted by Crippen LogP contribution is 2.31. The van der Waals surface area contributed by atoms with E-state index in [9.17, 15) is 19.1 Å². The third-order valence-corrected chi connectivity index (χ3v) is 3.76. The van der Waals surface area contributed by atoms with Gasteiger partial charge in [0.05, 0.1) is 17.8 Å². The molecule has 1 aromatic heterocycles. The number of fused-ring (bicyclic) bond motifs is 1. The van der Waals surface area contributed by atoms with E-state index in [1.165, 1.54) is 18.2 Å². The summed E-state index contributed by atoms with van der Waals surface area (Å²) in [6, 6.07) is 5.69. The first-order valence-electron chi connectivity index (χ1n) is 6.66. The van der Waals surface area contributed by atoms with Crippen molar-refractivity contribution in [1.82, 2.24) is 9.47 Å². The molecule has 1 aromatic carbocycles. The van der Waals surface area contributed by atoms with Gasteiger partial charge >= 0.3 is 12.1 Å². The van der Waals surface area contributed by atoms with Gasteiger partial charge in [-0.2, -0.15) is 0 Å². The fourth-order valence-corrected chi connectivity index (χ4v) is 2.73. The summed E-state index contributed by atoms with van der Waals surface area (Å²) in [6.07, 6.45) is 0.559. The number of carbonyl (C=O) groups is 2. The van der Waals surface area contributed by atoms with Crippen LogP contribution in [0.1, 0.15) is 16.1 Å². The summed E-state index contributed by atoms with van der Waals surface area (Å²) in [4.78, 5) is 23.9. The minimum atomic E-state index is -1.15. The molecule has 1 amide bonds. The number of hydrogen-bond donors (Lipinski definition) is 2. The van der Waals surface area contributed by atoms with Crippen LogP contribution in [0.3, 0.4) is 0 Å². The molecule has 2 heterocycles. The largest absolute Gasteiger partial charge is 0.478 e. The van der Waals surface area contributed by atoms with Gasteiger partial charge in [-0.05, 0) is 17.7 Å². The van der Waals surface area contributed by atoms with Crippen LogP contribution in [-0.4, -0.2) is 38.3 Å². The molecule has 0 saturated carbocycles. The Morgan fingerprint density at radius 2 is 1.95 bits per heavy atom. The lowest BCUT2D eigenvalue weighted by molar-refractivity contribution is 0.0692. The zero-order valence-corrected chi connectivity index (χ0v) is 11.5. The van der Waals surface area contributed by atoms with E-state index in [4.69, 9.17) is 5.11 Å². The Hall–Kier alpha value is -2.83. The SMILES string of the molecule is O=C(O)c1c(-c2cccc(F)c2)cn2c1CN(C(=O)O)CC2. The molecule has 0 unspecified atom stereocenters. The van der Waals surface area contributed by atoms with Crippen LogP contribution >= 0.6 is 0 Å². The fraction of sp³-hybridized carbons (Fsp3) is 0.200. The van der Waals surface area contributed by atoms with Crippen LogP contribution in [0.15, 0.2) is 30.5 Å². The highest BCUT2D eigenvalue weighted by molar-refractivity contribution is 5.97. The number of carboxylic acid groups (broad SMARTS) is 2. The summed E-state index contributed by atoms with van der Waals surface area (Å²) >= 11 is 0. The number of carboxylic acids is 1. The second-order valence-electron chi connectivity index (χ2n) is 5.08. The molecule has 0 bridgehead atoms. The maximum absolute atomic E-state index is 13.4. The van der Waals surface area contributed by atoms with Crippen molar-refractivity contribution in [1.29, 1.82) is 0 Å². The molecule has 1 aliphatic rings. The van der Waals surface area contributed by atoms with Crippen molar-refractivity contribution >= 4 is 12.1 Å². The number of amides is 1. The van der Waals surface area contributed by atoms with Crippen LogP contribution < -0.4 is 0 Å². The van der Waals surface area contributed by atoms with Gasteiger partial charge in [-0.1, -0.05) is 12.1 Å². The molecule has 1 aliphatic heterocycles. The maximum atomic E-state index is 13.4. The summed E-state index contributed by atoms with van der Waals surface area (Å²) in [5, 5.41) is 18.6. The highest BCUT2D eigenvalue weighted by Gasteiger charge is 2.28. The van der Waals surface area contributed by atoms with E-state index >= 15 is 0 Å². The molecule has 0 atom stereocenters. The van der Waals surface area contributed by atoms with E-state index in [0.717, 1.165) is 4.90 Å². The van der Waals surface area contributed by atoms with E-state index < -0.39 is 17.9 Å². The van der Waals surface area contributed by atoms with Gasteiger partial charge in [-0.15, -0.1) is 0 Å². The van der Waals surface area contributed by atoms with Gasteiger partial charge in [0.2, 0.25) is 0 Å². The molecule has 0 spiro atoms. The molecular weight excluding hydrogens is 291 g/mol. The van der Waals surface area contributed by atoms with Gasteiger partial charge in [0.25, 0.3) is 0 Å². The van der Waals surface area contributed by atoms with Crippen molar-refractivity contribution in [2.45, 2.75) is 13.1 Å². The van der Waals surface area contributed by atoms with E-state index in [-0.39, 0.29) is 12.1 Å². The number of nitrogens with zero attached hydrogens (tertiary/aromatic N) is 2. The second kappa shape index (κ2) is 5.18. The average Bonchev–Trinajstić information content (AvgIpc) is 2.85. The molecular formula is C15H13FN2O4. The van der Waals surface area contributed by atoms with Gasteiger partial charge in [0.15, 0.2) is 0 Å². The van der Waals surface area contributed by atoms with Crippen LogP contribution in [0, 0.1) is 5.82 Å². The predicted molar refractivity (Wildman–Crippen MR) is 75.2 cm³/mol. The lowest BCUT2D eigenvalue weighted by Crippen LogP contribution is -2.37. The highest BCUT2D eigenvalue weighted by atomic mass is 19.1. The van der Waals surface area contributed by atoms with Gasteiger partial charge in [-0.3, -0.25) is 0 Å². The minimum Gasteiger partial charge on any atom is -0.478 e. The molecule has 7 heteroatoms. The van der Waals surface area contributed by atoms with Crippen molar-refractivity contribution in [3.05, 3.63) is 47.5 Å². The maximum Gasteiger partial charge on any atom is 0.407 e. The molecule has 114 valence electrons. The van der Waals surface area contributed by atoms with Crippen LogP contribution in [0.5, 0.6) is 0 Å². The van der Waals surface area contributed by atoms with Crippen LogP contribution in [0.2, 0.25) is 0 Å². The molecule has 0 fully saturated rings. The van der Waals surface area contributed by atoms with Crippen molar-refractivity contribution in [3.8, 4) is 11.1 Å². The van der Waals surface area contributed by atoms with Gasteiger partial charge < -0.3 is 19.7 Å². The number of halogens is 1. The summed E-state index contributed by atoms with van der Waals surface area (Å²) in [5.74, 6) is -1.61. The number of aromatic nitrogens is 1. The molecule has 22 heavy (non-hydrogen) atoms. The average molecular weight is 304 g/mol. The first-order valence-corrected chi connectivity index (χ1v) is 6.66. The van der Waals surface area contributed by atoms with Gasteiger partial charge in [0.1, 0.15) is 5.82 Å². The molecule has 6 nitrogen and oxygen atoms in total. The van der Waals surface area contributed by atoms with Crippen molar-refractivity contribution < 1.29 is 24.2 Å². The quantitative estimate of drug-likeness (QED) is 0.893. The summed E-state index contributed by atoms with van der Waals surface area (Å²) < 4.78 is 15.1. The second-order valence-corrected chi connectivity index (χ2v) is 5.08. The van der Waals surface area contributed by atoms with Crippen molar-refractivity contribution in [2.24, 2.45) is 0 Å². The minimum absolute atomic E-state index is 0.00623. The van der Waals surface area contributed by atoms with Crippen molar-refractivity contribution in [3.63, 3.8) is 0 Å². The van der Waals surface area contributed by atoms with E-state index in [0.29, 0.717) is 29.9 Å². The summed E-state index contributed by atoms with van der Waals surface area (Å²) in [7, 11) is 0. The third-order valence-electron chi connectivity index (χ3n) is 3.76. The first kappa shape index (κ1) is 14.1. The summed E-state index contributed by atoms with van der Waals surface area (Å²) in [5.41, 5.74) is 1.30. The normalized spacial score (nSPS) is 13.8. The molecule has 3 rings (SSSR count). The molecule has 0 radical (unpaired) electrons. The van der Waals surface area contributed by atoms with Crippen LogP contribution in [0.4, 0.5) is 9.18 Å². The van der Waals surface area contributed by atoms with Crippen molar-refractivity contribution in [2.75, 3.05) is 6.54 Å². The Labute approximate surface area is 125 Å². The fourth-order valence-electron chi connectivity index (χ4n) is 2.73. The zero-order chi connectivity index (χ0) is 15.9. The molecule has 2 N–H and O–H groups in total. The topological polar surface area (TPSA) is 82.8 Å². The Balaban J connectivity index is 2.14. The number of benzene rings is 1. The zero-order valence-electron chi connectivity index (χ0n) is 11.5. The third kappa shape index (κ3) is 2.30. The lowest BCUT2D eigenvalue weighted by atomic mass is 10.0. The molecule has 0 aliphatic carbocycles. The Kier molecular flexibility index (Phi) is 3.32. The molecule has 2 aromatic rings. The van der Waals surface area contributed by atoms with Crippen LogP contribution in [0.25, 0.3) is 11.1 Å². The van der Waals surface area contributed by atoms with Crippen LogP contribution in [-0.2, 0) is 13.1 Å². The molecule has 0 saturated heterocycles. The van der Waals surface area contributed by atoms with E-state index in [1.54, 1.807) is 16.8 Å². The van der Waals surface area contributed by atoms with E-state index in [1.807, 2.05) is 0 Å². The Bertz CT molecular complexity index is 769. The van der Waals surface area contributed by atoms with Gasteiger partial charge in [0, 0.05) is 24.8 Å². The van der Waals surface area contributed by atoms with E-state index in [2.05, 4.69) is 0 Å². The smallest absolute Gasteiger partial charge is 0.407 e. The number of rotatable bonds is 2. The summed E-state index contributed by atoms with van der Waals surface area (Å²) in [6.45, 7) is 0.669. The Morgan fingerprint density at radius 3 is 2.59 bits per heavy atom. The predicted octanol–water partition coefficient (Wildman–Crippen LogP) is 2.49.